The Balaban J connectivity index is 1.52. The molecule has 6 heteroatoms. The van der Waals surface area contributed by atoms with Gasteiger partial charge in [0, 0.05) is 6.54 Å². The Morgan fingerprint density at radius 1 is 1.12 bits per heavy atom. The van der Waals surface area contributed by atoms with Crippen LogP contribution in [0.25, 0.3) is 0 Å². The average Bonchev–Trinajstić information content (AvgIpc) is 3.33. The molecule has 1 saturated heterocycles. The van der Waals surface area contributed by atoms with Gasteiger partial charge in [-0.15, -0.1) is 0 Å². The van der Waals surface area contributed by atoms with Crippen molar-refractivity contribution in [3.63, 3.8) is 0 Å². The number of nitrogens with zero attached hydrogens (tertiary/aromatic N) is 1. The zero-order valence-electron chi connectivity index (χ0n) is 14.4. The molecule has 1 unspecified atom stereocenters. The quantitative estimate of drug-likeness (QED) is 0.894. The summed E-state index contributed by atoms with van der Waals surface area (Å²) in [6, 6.07) is 11.9. The number of hydrogen-bond donors (Lipinski definition) is 1. The third kappa shape index (κ3) is 3.37. The van der Waals surface area contributed by atoms with Crippen LogP contribution in [0.15, 0.2) is 42.5 Å². The fourth-order valence-electron chi connectivity index (χ4n) is 3.56. The standard InChI is InChI=1S/C20H21FN2O3/c21-16-6-2-1-5-15(16)20(24)22-12-17(23-9-3-4-10-23)14-7-8-18-19(11-14)26-13-25-18/h1-2,5-8,11,17H,3-4,9-10,12-13H2,(H,22,24). The van der Waals surface area contributed by atoms with Gasteiger partial charge in [0.05, 0.1) is 11.6 Å². The highest BCUT2D eigenvalue weighted by Gasteiger charge is 2.26. The normalized spacial score (nSPS) is 17.3. The third-order valence-corrected chi connectivity index (χ3v) is 4.94. The number of fused-ring (bicyclic) bond motifs is 1. The average molecular weight is 356 g/mol. The summed E-state index contributed by atoms with van der Waals surface area (Å²) in [5, 5.41) is 2.89. The predicted molar refractivity (Wildman–Crippen MR) is 94.8 cm³/mol. The highest BCUT2D eigenvalue weighted by molar-refractivity contribution is 5.94. The van der Waals surface area contributed by atoms with Crippen molar-refractivity contribution in [1.82, 2.24) is 10.2 Å². The van der Waals surface area contributed by atoms with Crippen LogP contribution < -0.4 is 14.8 Å². The summed E-state index contributed by atoms with van der Waals surface area (Å²) in [5.41, 5.74) is 1.13. The zero-order chi connectivity index (χ0) is 17.9. The lowest BCUT2D eigenvalue weighted by atomic mass is 10.0. The number of amides is 1. The molecule has 26 heavy (non-hydrogen) atoms. The number of hydrogen-bond acceptors (Lipinski definition) is 4. The molecule has 1 amide bonds. The van der Waals surface area contributed by atoms with Crippen molar-refractivity contribution >= 4 is 5.91 Å². The molecular weight excluding hydrogens is 335 g/mol. The molecule has 0 saturated carbocycles. The van der Waals surface area contributed by atoms with Gasteiger partial charge in [0.15, 0.2) is 11.5 Å². The number of rotatable bonds is 5. The van der Waals surface area contributed by atoms with Gasteiger partial charge >= 0.3 is 0 Å². The van der Waals surface area contributed by atoms with Crippen molar-refractivity contribution in [3.05, 3.63) is 59.4 Å². The molecule has 2 aliphatic rings. The predicted octanol–water partition coefficient (Wildman–Crippen LogP) is 3.12. The van der Waals surface area contributed by atoms with E-state index in [2.05, 4.69) is 10.2 Å². The van der Waals surface area contributed by atoms with Crippen LogP contribution in [-0.2, 0) is 0 Å². The monoisotopic (exact) mass is 356 g/mol. The Kier molecular flexibility index (Phi) is 4.75. The summed E-state index contributed by atoms with van der Waals surface area (Å²) in [6.07, 6.45) is 2.28. The fourth-order valence-corrected chi connectivity index (χ4v) is 3.56. The highest BCUT2D eigenvalue weighted by Crippen LogP contribution is 2.36. The van der Waals surface area contributed by atoms with Crippen LogP contribution in [0.4, 0.5) is 4.39 Å². The maximum atomic E-state index is 13.8. The van der Waals surface area contributed by atoms with Crippen LogP contribution in [0.3, 0.4) is 0 Å². The smallest absolute Gasteiger partial charge is 0.254 e. The molecule has 0 bridgehead atoms. The van der Waals surface area contributed by atoms with E-state index in [0.717, 1.165) is 43.0 Å². The van der Waals surface area contributed by atoms with Crippen LogP contribution in [0.1, 0.15) is 34.8 Å². The van der Waals surface area contributed by atoms with E-state index in [1.54, 1.807) is 12.1 Å². The first-order chi connectivity index (χ1) is 12.7. The molecule has 136 valence electrons. The highest BCUT2D eigenvalue weighted by atomic mass is 19.1. The van der Waals surface area contributed by atoms with Crippen molar-refractivity contribution in [2.24, 2.45) is 0 Å². The second-order valence-corrected chi connectivity index (χ2v) is 6.56. The molecule has 4 rings (SSSR count). The van der Waals surface area contributed by atoms with E-state index >= 15 is 0 Å². The van der Waals surface area contributed by atoms with Gasteiger partial charge in [-0.1, -0.05) is 18.2 Å². The summed E-state index contributed by atoms with van der Waals surface area (Å²) < 4.78 is 24.7. The summed E-state index contributed by atoms with van der Waals surface area (Å²) in [7, 11) is 0. The Morgan fingerprint density at radius 3 is 2.69 bits per heavy atom. The lowest BCUT2D eigenvalue weighted by molar-refractivity contribution is 0.0934. The minimum Gasteiger partial charge on any atom is -0.454 e. The van der Waals surface area contributed by atoms with Crippen molar-refractivity contribution in [2.45, 2.75) is 18.9 Å². The fraction of sp³-hybridized carbons (Fsp3) is 0.350. The molecule has 2 aromatic carbocycles. The van der Waals surface area contributed by atoms with E-state index in [0.29, 0.717) is 6.54 Å². The first-order valence-corrected chi connectivity index (χ1v) is 8.89. The van der Waals surface area contributed by atoms with E-state index in [-0.39, 0.29) is 18.4 Å². The summed E-state index contributed by atoms with van der Waals surface area (Å²) in [4.78, 5) is 14.7. The van der Waals surface area contributed by atoms with E-state index in [4.69, 9.17) is 9.47 Å². The van der Waals surface area contributed by atoms with Crippen molar-refractivity contribution < 1.29 is 18.7 Å². The number of nitrogens with one attached hydrogen (secondary N) is 1. The molecule has 2 aliphatic heterocycles. The SMILES string of the molecule is O=C(NCC(c1ccc2c(c1)OCO2)N1CCCC1)c1ccccc1F. The molecule has 5 nitrogen and oxygen atoms in total. The van der Waals surface area contributed by atoms with Gasteiger partial charge < -0.3 is 14.8 Å². The van der Waals surface area contributed by atoms with Crippen molar-refractivity contribution in [1.29, 1.82) is 0 Å². The number of ether oxygens (including phenoxy) is 2. The third-order valence-electron chi connectivity index (χ3n) is 4.94. The van der Waals surface area contributed by atoms with E-state index in [1.807, 2.05) is 18.2 Å². The van der Waals surface area contributed by atoms with Gasteiger partial charge in [-0.25, -0.2) is 4.39 Å². The molecule has 0 radical (unpaired) electrons. The van der Waals surface area contributed by atoms with Crippen LogP contribution >= 0.6 is 0 Å². The molecule has 0 spiro atoms. The zero-order valence-corrected chi connectivity index (χ0v) is 14.4. The summed E-state index contributed by atoms with van der Waals surface area (Å²) >= 11 is 0. The molecule has 1 atom stereocenters. The minimum absolute atomic E-state index is 0.0164. The Labute approximate surface area is 151 Å². The van der Waals surface area contributed by atoms with Crippen LogP contribution in [0.2, 0.25) is 0 Å². The van der Waals surface area contributed by atoms with E-state index < -0.39 is 11.7 Å². The molecule has 2 aromatic rings. The van der Waals surface area contributed by atoms with Crippen molar-refractivity contribution in [3.8, 4) is 11.5 Å². The van der Waals surface area contributed by atoms with Gasteiger partial charge in [-0.3, -0.25) is 9.69 Å². The van der Waals surface area contributed by atoms with E-state index in [1.165, 1.54) is 12.1 Å². The molecule has 1 fully saturated rings. The molecule has 0 aromatic heterocycles. The number of likely N-dealkylation sites (tertiary alicyclic amines) is 1. The summed E-state index contributed by atoms with van der Waals surface area (Å²) in [5.74, 6) is 0.565. The number of carbonyl (C=O) groups excluding carboxylic acids is 1. The topological polar surface area (TPSA) is 50.8 Å². The number of carbonyl (C=O) groups is 1. The molecule has 0 aliphatic carbocycles. The number of halogens is 1. The number of benzene rings is 2. The maximum Gasteiger partial charge on any atom is 0.254 e. The molecule has 2 heterocycles. The minimum atomic E-state index is -0.509. The lowest BCUT2D eigenvalue weighted by Gasteiger charge is -2.28. The Morgan fingerprint density at radius 2 is 1.88 bits per heavy atom. The van der Waals surface area contributed by atoms with Gasteiger partial charge in [0.2, 0.25) is 6.79 Å². The van der Waals surface area contributed by atoms with E-state index in [9.17, 15) is 9.18 Å². The van der Waals surface area contributed by atoms with Crippen LogP contribution in [0, 0.1) is 5.82 Å². The van der Waals surface area contributed by atoms with Crippen LogP contribution in [0.5, 0.6) is 11.5 Å². The largest absolute Gasteiger partial charge is 0.454 e. The van der Waals surface area contributed by atoms with Gasteiger partial charge in [-0.05, 0) is 55.8 Å². The Hall–Kier alpha value is -2.60. The second-order valence-electron chi connectivity index (χ2n) is 6.56. The van der Waals surface area contributed by atoms with Crippen LogP contribution in [-0.4, -0.2) is 37.2 Å². The van der Waals surface area contributed by atoms with Gasteiger partial charge in [0.1, 0.15) is 5.82 Å². The van der Waals surface area contributed by atoms with Gasteiger partial charge in [0.25, 0.3) is 5.91 Å². The Bertz CT molecular complexity index is 805. The van der Waals surface area contributed by atoms with Gasteiger partial charge in [-0.2, -0.15) is 0 Å². The lowest BCUT2D eigenvalue weighted by Crippen LogP contribution is -2.37. The first-order valence-electron chi connectivity index (χ1n) is 8.89. The van der Waals surface area contributed by atoms with Crippen molar-refractivity contribution in [2.75, 3.05) is 26.4 Å². The maximum absolute atomic E-state index is 13.8. The first kappa shape index (κ1) is 16.8. The second kappa shape index (κ2) is 7.33. The molecular formula is C20H21FN2O3. The molecule has 1 N–H and O–H groups in total. The summed E-state index contributed by atoms with van der Waals surface area (Å²) in [6.45, 7) is 2.60.